The summed E-state index contributed by atoms with van der Waals surface area (Å²) in [7, 11) is 0. The van der Waals surface area contributed by atoms with Gasteiger partial charge in [-0.05, 0) is 74.7 Å². The number of aryl methyl sites for hydroxylation is 1. The maximum Gasteiger partial charge on any atom is 0.310 e. The van der Waals surface area contributed by atoms with Gasteiger partial charge in [-0.2, -0.15) is 5.26 Å². The SMILES string of the molecule is CCOC(=O)Cc1c[nH]c(=O)c(-c2nc3c(n2C(C)C)C(c2ccc(C#N)cc2)N(c2cc(Cl)ccc2C)C3=O)c1. The van der Waals surface area contributed by atoms with Crippen molar-refractivity contribution in [2.24, 2.45) is 0 Å². The molecule has 0 bridgehead atoms. The average Bonchev–Trinajstić information content (AvgIpc) is 3.46. The number of carbonyl (C=O) groups excluding carboxylic acids is 2. The Hall–Kier alpha value is -4.68. The van der Waals surface area contributed by atoms with Crippen LogP contribution in [0.5, 0.6) is 0 Å². The van der Waals surface area contributed by atoms with Crippen molar-refractivity contribution in [3.63, 3.8) is 0 Å². The number of nitrogens with zero attached hydrogens (tertiary/aromatic N) is 4. The summed E-state index contributed by atoms with van der Waals surface area (Å²) in [5.41, 5.74) is 4.01. The minimum atomic E-state index is -0.604. The minimum absolute atomic E-state index is 0.0195. The molecular formula is C31H28ClN5O4. The molecule has 1 aliphatic heterocycles. The fourth-order valence-electron chi connectivity index (χ4n) is 5.24. The van der Waals surface area contributed by atoms with E-state index in [9.17, 15) is 19.6 Å². The van der Waals surface area contributed by atoms with Gasteiger partial charge in [0.1, 0.15) is 11.9 Å². The maximum atomic E-state index is 14.2. The van der Waals surface area contributed by atoms with Crippen LogP contribution in [0.25, 0.3) is 11.4 Å². The second kappa shape index (κ2) is 11.1. The Bertz CT molecular complexity index is 1760. The molecular weight excluding hydrogens is 542 g/mol. The number of aromatic nitrogens is 3. The fourth-order valence-corrected chi connectivity index (χ4v) is 5.41. The third-order valence-corrected chi connectivity index (χ3v) is 7.28. The van der Waals surface area contributed by atoms with Crippen molar-refractivity contribution in [3.05, 3.63) is 104 Å². The molecule has 0 spiro atoms. The summed E-state index contributed by atoms with van der Waals surface area (Å²) in [4.78, 5) is 48.5. The summed E-state index contributed by atoms with van der Waals surface area (Å²) < 4.78 is 6.96. The van der Waals surface area contributed by atoms with E-state index >= 15 is 0 Å². The molecule has 4 aromatic rings. The fraction of sp³-hybridized carbons (Fsp3) is 0.258. The molecule has 1 aliphatic rings. The zero-order valence-electron chi connectivity index (χ0n) is 23.1. The van der Waals surface area contributed by atoms with Crippen molar-refractivity contribution in [1.82, 2.24) is 14.5 Å². The summed E-state index contributed by atoms with van der Waals surface area (Å²) in [5.74, 6) is -0.422. The molecule has 0 radical (unpaired) electrons. The lowest BCUT2D eigenvalue weighted by atomic mass is 10.0. The van der Waals surface area contributed by atoms with Crippen molar-refractivity contribution in [3.8, 4) is 17.5 Å². The van der Waals surface area contributed by atoms with E-state index in [1.165, 1.54) is 6.20 Å². The lowest BCUT2D eigenvalue weighted by Gasteiger charge is -2.29. The summed E-state index contributed by atoms with van der Waals surface area (Å²) in [6.45, 7) is 7.79. The number of carbonyl (C=O) groups is 2. The second-order valence-corrected chi connectivity index (χ2v) is 10.5. The van der Waals surface area contributed by atoms with Gasteiger partial charge in [0, 0.05) is 22.9 Å². The lowest BCUT2D eigenvalue weighted by molar-refractivity contribution is -0.142. The highest BCUT2D eigenvalue weighted by Gasteiger charge is 2.45. The number of nitrogens with one attached hydrogen (secondary N) is 1. The maximum absolute atomic E-state index is 14.2. The summed E-state index contributed by atoms with van der Waals surface area (Å²) >= 11 is 6.37. The minimum Gasteiger partial charge on any atom is -0.466 e. The number of hydrogen-bond donors (Lipinski definition) is 1. The third-order valence-electron chi connectivity index (χ3n) is 7.05. The molecule has 0 saturated heterocycles. The van der Waals surface area contributed by atoms with Crippen molar-refractivity contribution < 1.29 is 14.3 Å². The van der Waals surface area contributed by atoms with Crippen LogP contribution in [0.1, 0.15) is 71.3 Å². The van der Waals surface area contributed by atoms with Gasteiger partial charge in [-0.3, -0.25) is 19.3 Å². The van der Waals surface area contributed by atoms with E-state index in [-0.39, 0.29) is 36.2 Å². The van der Waals surface area contributed by atoms with Crippen molar-refractivity contribution >= 4 is 29.2 Å². The van der Waals surface area contributed by atoms with E-state index in [1.54, 1.807) is 42.2 Å². The van der Waals surface area contributed by atoms with E-state index in [4.69, 9.17) is 21.3 Å². The molecule has 1 amide bonds. The van der Waals surface area contributed by atoms with Crippen molar-refractivity contribution in [2.45, 2.75) is 46.2 Å². The number of ether oxygens (including phenoxy) is 1. The number of amides is 1. The number of rotatable bonds is 7. The van der Waals surface area contributed by atoms with Crippen LogP contribution in [0.4, 0.5) is 5.69 Å². The van der Waals surface area contributed by atoms with E-state index < -0.39 is 17.6 Å². The summed E-state index contributed by atoms with van der Waals surface area (Å²) in [5, 5.41) is 9.85. The molecule has 9 nitrogen and oxygen atoms in total. The monoisotopic (exact) mass is 569 g/mol. The molecule has 1 unspecified atom stereocenters. The van der Waals surface area contributed by atoms with Gasteiger partial charge in [0.05, 0.1) is 35.9 Å². The van der Waals surface area contributed by atoms with Crippen LogP contribution in [-0.2, 0) is 16.0 Å². The standard InChI is InChI=1S/C31H28ClN5O4/c1-5-41-25(38)13-20-12-23(30(39)34-16-20)29-35-26-28(36(29)17(2)3)27(21-9-7-19(15-33)8-10-21)37(31(26)40)24-14-22(32)11-6-18(24)4/h6-12,14,16-17,27H,5,13H2,1-4H3,(H,34,39). The van der Waals surface area contributed by atoms with Crippen LogP contribution in [-0.4, -0.2) is 33.0 Å². The number of nitriles is 1. The number of hydrogen-bond acceptors (Lipinski definition) is 6. The Morgan fingerprint density at radius 2 is 1.90 bits per heavy atom. The topological polar surface area (TPSA) is 121 Å². The van der Waals surface area contributed by atoms with Gasteiger partial charge in [0.25, 0.3) is 11.5 Å². The first-order valence-electron chi connectivity index (χ1n) is 13.2. The molecule has 10 heteroatoms. The Labute approximate surface area is 242 Å². The van der Waals surface area contributed by atoms with Crippen LogP contribution in [0.2, 0.25) is 5.02 Å². The van der Waals surface area contributed by atoms with Gasteiger partial charge in [-0.25, -0.2) is 4.98 Å². The van der Waals surface area contributed by atoms with Crippen molar-refractivity contribution in [2.75, 3.05) is 11.5 Å². The number of esters is 1. The van der Waals surface area contributed by atoms with Gasteiger partial charge in [-0.1, -0.05) is 29.8 Å². The van der Waals surface area contributed by atoms with Gasteiger partial charge in [0.2, 0.25) is 0 Å². The number of halogens is 1. The number of anilines is 1. The van der Waals surface area contributed by atoms with Crippen LogP contribution < -0.4 is 10.5 Å². The van der Waals surface area contributed by atoms with E-state index in [1.807, 2.05) is 43.5 Å². The molecule has 5 rings (SSSR count). The van der Waals surface area contributed by atoms with E-state index in [0.29, 0.717) is 33.4 Å². The van der Waals surface area contributed by atoms with Gasteiger partial charge in [-0.15, -0.1) is 0 Å². The Morgan fingerprint density at radius 1 is 1.17 bits per heavy atom. The number of pyridine rings is 1. The van der Waals surface area contributed by atoms with E-state index in [2.05, 4.69) is 11.1 Å². The number of imidazole rings is 1. The van der Waals surface area contributed by atoms with Crippen LogP contribution in [0.3, 0.4) is 0 Å². The van der Waals surface area contributed by atoms with E-state index in [0.717, 1.165) is 11.1 Å². The number of aromatic amines is 1. The number of H-pyrrole nitrogens is 1. The summed E-state index contributed by atoms with van der Waals surface area (Å²) in [6, 6.07) is 15.4. The van der Waals surface area contributed by atoms with Crippen molar-refractivity contribution in [1.29, 1.82) is 5.26 Å². The molecule has 0 fully saturated rings. The zero-order chi connectivity index (χ0) is 29.4. The molecule has 0 saturated carbocycles. The first kappa shape index (κ1) is 27.9. The average molecular weight is 570 g/mol. The van der Waals surface area contributed by atoms with Crippen LogP contribution in [0, 0.1) is 18.3 Å². The van der Waals surface area contributed by atoms with Gasteiger partial charge < -0.3 is 14.3 Å². The molecule has 2 aromatic carbocycles. The lowest BCUT2D eigenvalue weighted by Crippen LogP contribution is -2.31. The smallest absolute Gasteiger partial charge is 0.310 e. The highest BCUT2D eigenvalue weighted by Crippen LogP contribution is 2.45. The Balaban J connectivity index is 1.74. The first-order chi connectivity index (χ1) is 19.6. The van der Waals surface area contributed by atoms with Crippen LogP contribution >= 0.6 is 11.6 Å². The zero-order valence-corrected chi connectivity index (χ0v) is 23.8. The van der Waals surface area contributed by atoms with Gasteiger partial charge in [0.15, 0.2) is 5.69 Å². The molecule has 3 heterocycles. The highest BCUT2D eigenvalue weighted by atomic mass is 35.5. The number of fused-ring (bicyclic) bond motifs is 1. The molecule has 41 heavy (non-hydrogen) atoms. The van der Waals surface area contributed by atoms with Gasteiger partial charge >= 0.3 is 5.97 Å². The number of benzene rings is 2. The normalized spacial score (nSPS) is 14.3. The molecule has 1 atom stereocenters. The Kier molecular flexibility index (Phi) is 7.52. The predicted molar refractivity (Wildman–Crippen MR) is 155 cm³/mol. The molecule has 1 N–H and O–H groups in total. The highest BCUT2D eigenvalue weighted by molar-refractivity contribution is 6.31. The Morgan fingerprint density at radius 3 is 2.56 bits per heavy atom. The molecule has 208 valence electrons. The second-order valence-electron chi connectivity index (χ2n) is 10.1. The largest absolute Gasteiger partial charge is 0.466 e. The third kappa shape index (κ3) is 5.03. The molecule has 2 aromatic heterocycles. The summed E-state index contributed by atoms with van der Waals surface area (Å²) in [6.07, 6.45) is 1.46. The molecule has 0 aliphatic carbocycles. The quantitative estimate of drug-likeness (QED) is 0.293. The van der Waals surface area contributed by atoms with Crippen LogP contribution in [0.15, 0.2) is 59.5 Å². The predicted octanol–water partition coefficient (Wildman–Crippen LogP) is 5.51. The first-order valence-corrected chi connectivity index (χ1v) is 13.6.